The molecule has 2 saturated heterocycles. The molecule has 3 fully saturated rings. The highest BCUT2D eigenvalue weighted by atomic mass is 16.5. The predicted octanol–water partition coefficient (Wildman–Crippen LogP) is 2.20. The van der Waals surface area contributed by atoms with Crippen molar-refractivity contribution in [2.24, 2.45) is 17.3 Å². The molecule has 1 amide bonds. The first kappa shape index (κ1) is 10.6. The number of hydrogen-bond acceptors (Lipinski definition) is 2. The van der Waals surface area contributed by atoms with Crippen molar-refractivity contribution in [3.63, 3.8) is 0 Å². The first-order valence-electron chi connectivity index (χ1n) is 6.61. The Morgan fingerprint density at radius 3 is 2.72 bits per heavy atom. The second-order valence-electron chi connectivity index (χ2n) is 6.23. The van der Waals surface area contributed by atoms with E-state index in [-0.39, 0.29) is 17.6 Å². The maximum atomic E-state index is 12.5. The molecule has 1 aromatic rings. The Kier molecular flexibility index (Phi) is 1.85. The largest absolute Gasteiger partial charge is 0.352 e. The lowest BCUT2D eigenvalue weighted by Crippen LogP contribution is -2.37. The average Bonchev–Trinajstić information content (AvgIpc) is 2.70. The number of carbonyl (C=O) groups is 1. The number of ether oxygens (including phenoxy) is 1. The Morgan fingerprint density at radius 1 is 1.28 bits per heavy atom. The summed E-state index contributed by atoms with van der Waals surface area (Å²) in [7, 11) is 0. The van der Waals surface area contributed by atoms with Gasteiger partial charge < -0.3 is 9.64 Å². The number of hydrogen-bond donors (Lipinski definition) is 0. The molecule has 0 spiro atoms. The van der Waals surface area contributed by atoms with Gasteiger partial charge in [-0.05, 0) is 11.3 Å². The number of fused-ring (bicyclic) bond motifs is 3. The summed E-state index contributed by atoms with van der Waals surface area (Å²) in [6, 6.07) is 10.4. The van der Waals surface area contributed by atoms with E-state index in [0.717, 1.165) is 5.56 Å². The molecule has 0 bridgehead atoms. The summed E-state index contributed by atoms with van der Waals surface area (Å²) in [6.45, 7) is 5.09. The van der Waals surface area contributed by atoms with Gasteiger partial charge in [-0.2, -0.15) is 0 Å². The summed E-state index contributed by atoms with van der Waals surface area (Å²) < 4.78 is 5.87. The van der Waals surface area contributed by atoms with Gasteiger partial charge >= 0.3 is 0 Å². The summed E-state index contributed by atoms with van der Waals surface area (Å²) in [5.74, 6) is 1.03. The first-order chi connectivity index (χ1) is 8.62. The van der Waals surface area contributed by atoms with Gasteiger partial charge in [0.1, 0.15) is 0 Å². The maximum Gasteiger partial charge on any atom is 0.229 e. The van der Waals surface area contributed by atoms with Crippen LogP contribution in [0.4, 0.5) is 0 Å². The van der Waals surface area contributed by atoms with E-state index < -0.39 is 0 Å². The van der Waals surface area contributed by atoms with E-state index in [1.807, 2.05) is 35.2 Å². The SMILES string of the molecule is CC1(C)C2C(=O)N3[C@@H](c4ccccc4)OC[C@@H]3C21. The van der Waals surface area contributed by atoms with E-state index in [0.29, 0.717) is 24.5 Å². The van der Waals surface area contributed by atoms with E-state index in [1.165, 1.54) is 0 Å². The molecule has 2 unspecified atom stereocenters. The minimum atomic E-state index is -0.160. The van der Waals surface area contributed by atoms with Crippen LogP contribution in [0.25, 0.3) is 0 Å². The van der Waals surface area contributed by atoms with E-state index in [1.54, 1.807) is 0 Å². The lowest BCUT2D eigenvalue weighted by molar-refractivity contribution is -0.137. The normalized spacial score (nSPS) is 39.7. The van der Waals surface area contributed by atoms with Gasteiger partial charge in [-0.1, -0.05) is 44.2 Å². The molecule has 3 nitrogen and oxygen atoms in total. The minimum absolute atomic E-state index is 0.160. The Balaban J connectivity index is 1.67. The molecule has 94 valence electrons. The second kappa shape index (κ2) is 3.15. The van der Waals surface area contributed by atoms with Crippen LogP contribution in [0.2, 0.25) is 0 Å². The summed E-state index contributed by atoms with van der Waals surface area (Å²) in [6.07, 6.45) is -0.160. The van der Waals surface area contributed by atoms with Crippen LogP contribution in [-0.4, -0.2) is 23.5 Å². The van der Waals surface area contributed by atoms with Crippen LogP contribution in [0, 0.1) is 17.3 Å². The molecule has 4 atom stereocenters. The third-order valence-electron chi connectivity index (χ3n) is 4.97. The summed E-state index contributed by atoms with van der Waals surface area (Å²) >= 11 is 0. The topological polar surface area (TPSA) is 29.5 Å². The van der Waals surface area contributed by atoms with E-state index >= 15 is 0 Å². The van der Waals surface area contributed by atoms with Gasteiger partial charge in [0.05, 0.1) is 12.6 Å². The zero-order valence-electron chi connectivity index (χ0n) is 10.7. The number of amides is 1. The summed E-state index contributed by atoms with van der Waals surface area (Å²) in [5.41, 5.74) is 1.28. The van der Waals surface area contributed by atoms with Crippen molar-refractivity contribution >= 4 is 5.91 Å². The number of nitrogens with zero attached hydrogens (tertiary/aromatic N) is 1. The van der Waals surface area contributed by atoms with Gasteiger partial charge in [0.2, 0.25) is 5.91 Å². The zero-order chi connectivity index (χ0) is 12.5. The van der Waals surface area contributed by atoms with Crippen molar-refractivity contribution < 1.29 is 9.53 Å². The third-order valence-corrected chi connectivity index (χ3v) is 4.97. The van der Waals surface area contributed by atoms with Crippen molar-refractivity contribution in [1.82, 2.24) is 4.90 Å². The van der Waals surface area contributed by atoms with E-state index in [2.05, 4.69) is 13.8 Å². The van der Waals surface area contributed by atoms with Gasteiger partial charge in [0.25, 0.3) is 0 Å². The predicted molar refractivity (Wildman–Crippen MR) is 66.5 cm³/mol. The van der Waals surface area contributed by atoms with Crippen LogP contribution in [0.5, 0.6) is 0 Å². The molecule has 0 aromatic heterocycles. The molecule has 0 radical (unpaired) electrons. The fourth-order valence-electron chi connectivity index (χ4n) is 3.98. The van der Waals surface area contributed by atoms with E-state index in [9.17, 15) is 4.79 Å². The summed E-state index contributed by atoms with van der Waals surface area (Å²) in [5, 5.41) is 0. The number of carbonyl (C=O) groups excluding carboxylic acids is 1. The molecule has 2 heterocycles. The molecule has 4 rings (SSSR count). The molecule has 3 heteroatoms. The van der Waals surface area contributed by atoms with Crippen molar-refractivity contribution in [2.75, 3.05) is 6.61 Å². The molecule has 1 saturated carbocycles. The van der Waals surface area contributed by atoms with Crippen LogP contribution in [0.1, 0.15) is 25.6 Å². The monoisotopic (exact) mass is 243 g/mol. The van der Waals surface area contributed by atoms with Gasteiger partial charge in [-0.3, -0.25) is 4.79 Å². The number of piperidine rings is 1. The van der Waals surface area contributed by atoms with Crippen LogP contribution in [-0.2, 0) is 9.53 Å². The number of benzene rings is 1. The van der Waals surface area contributed by atoms with Crippen LogP contribution in [0.3, 0.4) is 0 Å². The smallest absolute Gasteiger partial charge is 0.229 e. The van der Waals surface area contributed by atoms with Crippen LogP contribution >= 0.6 is 0 Å². The molecule has 0 N–H and O–H groups in total. The highest BCUT2D eigenvalue weighted by Gasteiger charge is 2.73. The molecule has 1 aromatic carbocycles. The van der Waals surface area contributed by atoms with Crippen molar-refractivity contribution in [2.45, 2.75) is 26.1 Å². The quantitative estimate of drug-likeness (QED) is 0.756. The fraction of sp³-hybridized carbons (Fsp3) is 0.533. The zero-order valence-corrected chi connectivity index (χ0v) is 10.7. The van der Waals surface area contributed by atoms with E-state index in [4.69, 9.17) is 4.74 Å². The maximum absolute atomic E-state index is 12.5. The Labute approximate surface area is 107 Å². The van der Waals surface area contributed by atoms with Crippen LogP contribution < -0.4 is 0 Å². The Bertz CT molecular complexity index is 510. The third kappa shape index (κ3) is 1.11. The summed E-state index contributed by atoms with van der Waals surface area (Å²) in [4.78, 5) is 14.5. The fourth-order valence-corrected chi connectivity index (χ4v) is 3.98. The highest BCUT2D eigenvalue weighted by molar-refractivity contribution is 5.87. The lowest BCUT2D eigenvalue weighted by Gasteiger charge is -2.27. The van der Waals surface area contributed by atoms with Gasteiger partial charge in [-0.25, -0.2) is 0 Å². The first-order valence-corrected chi connectivity index (χ1v) is 6.61. The molecular weight excluding hydrogens is 226 g/mol. The Hall–Kier alpha value is -1.35. The lowest BCUT2D eigenvalue weighted by atomic mass is 10.0. The minimum Gasteiger partial charge on any atom is -0.352 e. The van der Waals surface area contributed by atoms with Crippen LogP contribution in [0.15, 0.2) is 30.3 Å². The standard InChI is InChI=1S/C15H17NO2/c1-15(2)11-10-8-18-14(9-6-4-3-5-7-9)16(10)13(17)12(11)15/h3-7,10-12,14H,8H2,1-2H3/t10-,11?,12?,14-/m1/s1. The molecule has 3 aliphatic rings. The van der Waals surface area contributed by atoms with Gasteiger partial charge in [0.15, 0.2) is 6.23 Å². The highest BCUT2D eigenvalue weighted by Crippen LogP contribution is 2.67. The number of rotatable bonds is 1. The molecule has 18 heavy (non-hydrogen) atoms. The van der Waals surface area contributed by atoms with Crippen molar-refractivity contribution in [3.8, 4) is 0 Å². The molecule has 1 aliphatic carbocycles. The van der Waals surface area contributed by atoms with Crippen molar-refractivity contribution in [3.05, 3.63) is 35.9 Å². The average molecular weight is 243 g/mol. The van der Waals surface area contributed by atoms with Gasteiger partial charge in [-0.15, -0.1) is 0 Å². The molecular formula is C15H17NO2. The molecule has 2 aliphatic heterocycles. The Morgan fingerprint density at radius 2 is 2.00 bits per heavy atom. The second-order valence-corrected chi connectivity index (χ2v) is 6.23. The van der Waals surface area contributed by atoms with Gasteiger partial charge in [0, 0.05) is 11.5 Å². The van der Waals surface area contributed by atoms with Crippen molar-refractivity contribution in [1.29, 1.82) is 0 Å².